The van der Waals surface area contributed by atoms with Crippen molar-refractivity contribution in [1.82, 2.24) is 14.5 Å². The lowest BCUT2D eigenvalue weighted by atomic mass is 10.2. The number of pyridine rings is 1. The van der Waals surface area contributed by atoms with Gasteiger partial charge in [-0.15, -0.1) is 0 Å². The molecule has 21 heavy (non-hydrogen) atoms. The van der Waals surface area contributed by atoms with Gasteiger partial charge in [0, 0.05) is 24.3 Å². The van der Waals surface area contributed by atoms with Crippen molar-refractivity contribution in [2.45, 2.75) is 13.0 Å². The molecule has 2 heterocycles. The Labute approximate surface area is 126 Å². The number of nitrogens with zero attached hydrogens (tertiary/aromatic N) is 3. The Bertz CT molecular complexity index is 799. The van der Waals surface area contributed by atoms with Crippen molar-refractivity contribution in [2.75, 3.05) is 6.54 Å². The van der Waals surface area contributed by atoms with Crippen LogP contribution in [0.2, 0.25) is 5.02 Å². The van der Waals surface area contributed by atoms with E-state index in [2.05, 4.69) is 9.97 Å². The van der Waals surface area contributed by atoms with Crippen LogP contribution in [0, 0.1) is 5.82 Å². The summed E-state index contributed by atoms with van der Waals surface area (Å²) in [4.78, 5) is 8.89. The van der Waals surface area contributed by atoms with Gasteiger partial charge in [0.25, 0.3) is 0 Å². The first-order valence-corrected chi connectivity index (χ1v) is 6.97. The van der Waals surface area contributed by atoms with E-state index in [9.17, 15) is 4.39 Å². The molecule has 108 valence electrons. The Morgan fingerprint density at radius 3 is 2.90 bits per heavy atom. The number of hydrogen-bond donors (Lipinski definition) is 1. The molecule has 0 saturated heterocycles. The molecule has 0 aliphatic rings. The molecule has 3 rings (SSSR count). The SMILES string of the molecule is CC(CN)n1c(-c2cccc(F)c2)nc2cc(Cl)cnc21. The number of rotatable bonds is 3. The third-order valence-electron chi connectivity index (χ3n) is 3.36. The van der Waals surface area contributed by atoms with E-state index in [0.29, 0.717) is 34.1 Å². The maximum Gasteiger partial charge on any atom is 0.160 e. The molecule has 3 aromatic rings. The molecule has 0 aliphatic heterocycles. The molecule has 0 bridgehead atoms. The number of halogens is 2. The van der Waals surface area contributed by atoms with Crippen LogP contribution in [0.5, 0.6) is 0 Å². The monoisotopic (exact) mass is 304 g/mol. The molecular weight excluding hydrogens is 291 g/mol. The molecule has 1 unspecified atom stereocenters. The van der Waals surface area contributed by atoms with E-state index in [1.165, 1.54) is 12.1 Å². The van der Waals surface area contributed by atoms with Gasteiger partial charge < -0.3 is 10.3 Å². The van der Waals surface area contributed by atoms with Gasteiger partial charge in [0.05, 0.1) is 5.02 Å². The Balaban J connectivity index is 2.30. The van der Waals surface area contributed by atoms with Gasteiger partial charge in [-0.2, -0.15) is 0 Å². The van der Waals surface area contributed by atoms with Crippen molar-refractivity contribution in [2.24, 2.45) is 5.73 Å². The minimum absolute atomic E-state index is 0.0121. The first-order valence-electron chi connectivity index (χ1n) is 6.59. The summed E-state index contributed by atoms with van der Waals surface area (Å²) >= 11 is 5.97. The first-order chi connectivity index (χ1) is 10.1. The highest BCUT2D eigenvalue weighted by Gasteiger charge is 2.18. The van der Waals surface area contributed by atoms with Crippen LogP contribution >= 0.6 is 11.6 Å². The minimum Gasteiger partial charge on any atom is -0.328 e. The maximum atomic E-state index is 13.5. The second-order valence-corrected chi connectivity index (χ2v) is 5.33. The fourth-order valence-electron chi connectivity index (χ4n) is 2.31. The summed E-state index contributed by atoms with van der Waals surface area (Å²) in [6.45, 7) is 2.40. The molecule has 0 amide bonds. The third kappa shape index (κ3) is 2.50. The minimum atomic E-state index is -0.308. The number of nitrogens with two attached hydrogens (primary N) is 1. The van der Waals surface area contributed by atoms with Gasteiger partial charge in [-0.25, -0.2) is 14.4 Å². The molecule has 0 saturated carbocycles. The topological polar surface area (TPSA) is 56.7 Å². The predicted molar refractivity (Wildman–Crippen MR) is 81.7 cm³/mol. The van der Waals surface area contributed by atoms with Crippen LogP contribution < -0.4 is 5.73 Å². The normalized spacial score (nSPS) is 12.8. The summed E-state index contributed by atoms with van der Waals surface area (Å²) in [5.74, 6) is 0.328. The average Bonchev–Trinajstić information content (AvgIpc) is 2.84. The van der Waals surface area contributed by atoms with E-state index in [1.54, 1.807) is 18.3 Å². The number of fused-ring (bicyclic) bond motifs is 1. The van der Waals surface area contributed by atoms with E-state index >= 15 is 0 Å². The van der Waals surface area contributed by atoms with Gasteiger partial charge in [0.2, 0.25) is 0 Å². The highest BCUT2D eigenvalue weighted by Crippen LogP contribution is 2.28. The largest absolute Gasteiger partial charge is 0.328 e. The highest BCUT2D eigenvalue weighted by molar-refractivity contribution is 6.31. The van der Waals surface area contributed by atoms with Gasteiger partial charge >= 0.3 is 0 Å². The molecule has 6 heteroatoms. The number of hydrogen-bond acceptors (Lipinski definition) is 3. The van der Waals surface area contributed by atoms with Gasteiger partial charge in [-0.3, -0.25) is 0 Å². The zero-order chi connectivity index (χ0) is 15.0. The quantitative estimate of drug-likeness (QED) is 0.806. The Kier molecular flexibility index (Phi) is 3.61. The van der Waals surface area contributed by atoms with Gasteiger partial charge in [0.15, 0.2) is 5.65 Å². The molecule has 1 atom stereocenters. The lowest BCUT2D eigenvalue weighted by Crippen LogP contribution is -2.17. The molecule has 0 spiro atoms. The van der Waals surface area contributed by atoms with E-state index in [1.807, 2.05) is 17.6 Å². The molecule has 0 fully saturated rings. The van der Waals surface area contributed by atoms with Crippen LogP contribution in [-0.2, 0) is 0 Å². The summed E-state index contributed by atoms with van der Waals surface area (Å²) in [5, 5.41) is 0.512. The molecule has 2 N–H and O–H groups in total. The van der Waals surface area contributed by atoms with Crippen LogP contribution in [0.4, 0.5) is 4.39 Å². The summed E-state index contributed by atoms with van der Waals surface area (Å²) in [6.07, 6.45) is 1.57. The number of benzene rings is 1. The second-order valence-electron chi connectivity index (χ2n) is 4.90. The predicted octanol–water partition coefficient (Wildman–Crippen LogP) is 3.41. The lowest BCUT2D eigenvalue weighted by molar-refractivity contribution is 0.574. The molecular formula is C15H14ClFN4. The highest BCUT2D eigenvalue weighted by atomic mass is 35.5. The Morgan fingerprint density at radius 2 is 2.19 bits per heavy atom. The Hall–Kier alpha value is -1.98. The van der Waals surface area contributed by atoms with E-state index in [0.717, 1.165) is 0 Å². The van der Waals surface area contributed by atoms with Crippen molar-refractivity contribution < 1.29 is 4.39 Å². The standard InChI is InChI=1S/C15H14ClFN4/c1-9(7-18)21-14(10-3-2-4-12(17)5-10)20-13-6-11(16)8-19-15(13)21/h2-6,8-9H,7,18H2,1H3. The van der Waals surface area contributed by atoms with Crippen molar-refractivity contribution in [3.05, 3.63) is 47.4 Å². The average molecular weight is 305 g/mol. The molecule has 4 nitrogen and oxygen atoms in total. The Morgan fingerprint density at radius 1 is 1.38 bits per heavy atom. The summed E-state index contributed by atoms with van der Waals surface area (Å²) in [6, 6.07) is 8.04. The molecule has 1 aromatic carbocycles. The van der Waals surface area contributed by atoms with Crippen LogP contribution in [0.15, 0.2) is 36.5 Å². The van der Waals surface area contributed by atoms with Gasteiger partial charge in [-0.1, -0.05) is 23.7 Å². The fourth-order valence-corrected chi connectivity index (χ4v) is 2.46. The van der Waals surface area contributed by atoms with Crippen molar-refractivity contribution >= 4 is 22.8 Å². The number of aromatic nitrogens is 3. The summed E-state index contributed by atoms with van der Waals surface area (Å²) in [5.41, 5.74) is 7.83. The van der Waals surface area contributed by atoms with Gasteiger partial charge in [0.1, 0.15) is 17.2 Å². The fraction of sp³-hybridized carbons (Fsp3) is 0.200. The van der Waals surface area contributed by atoms with E-state index in [-0.39, 0.29) is 11.9 Å². The summed E-state index contributed by atoms with van der Waals surface area (Å²) < 4.78 is 15.4. The summed E-state index contributed by atoms with van der Waals surface area (Å²) in [7, 11) is 0. The van der Waals surface area contributed by atoms with E-state index < -0.39 is 0 Å². The van der Waals surface area contributed by atoms with Crippen molar-refractivity contribution in [1.29, 1.82) is 0 Å². The van der Waals surface area contributed by atoms with Crippen molar-refractivity contribution in [3.63, 3.8) is 0 Å². The third-order valence-corrected chi connectivity index (χ3v) is 3.57. The van der Waals surface area contributed by atoms with Crippen molar-refractivity contribution in [3.8, 4) is 11.4 Å². The lowest BCUT2D eigenvalue weighted by Gasteiger charge is -2.15. The first kappa shape index (κ1) is 14.0. The van der Waals surface area contributed by atoms with Gasteiger partial charge in [-0.05, 0) is 25.1 Å². The van der Waals surface area contributed by atoms with Crippen LogP contribution in [0.25, 0.3) is 22.6 Å². The van der Waals surface area contributed by atoms with Crippen LogP contribution in [0.3, 0.4) is 0 Å². The molecule has 0 aliphatic carbocycles. The van der Waals surface area contributed by atoms with Crippen LogP contribution in [-0.4, -0.2) is 21.1 Å². The molecule has 2 aromatic heterocycles. The second kappa shape index (κ2) is 5.42. The number of imidazole rings is 1. The van der Waals surface area contributed by atoms with E-state index in [4.69, 9.17) is 17.3 Å². The zero-order valence-corrected chi connectivity index (χ0v) is 12.2. The van der Waals surface area contributed by atoms with Crippen LogP contribution in [0.1, 0.15) is 13.0 Å². The molecule has 0 radical (unpaired) electrons. The maximum absolute atomic E-state index is 13.5. The smallest absolute Gasteiger partial charge is 0.160 e. The zero-order valence-electron chi connectivity index (χ0n) is 11.4.